The van der Waals surface area contributed by atoms with Crippen LogP contribution in [0.15, 0.2) is 30.6 Å². The van der Waals surface area contributed by atoms with E-state index in [9.17, 15) is 4.39 Å². The smallest absolute Gasteiger partial charge is 0.141 e. The number of halogens is 1. The van der Waals surface area contributed by atoms with E-state index >= 15 is 0 Å². The van der Waals surface area contributed by atoms with Crippen molar-refractivity contribution in [3.63, 3.8) is 0 Å². The first-order chi connectivity index (χ1) is 10.3. The minimum absolute atomic E-state index is 0.0533. The van der Waals surface area contributed by atoms with E-state index in [1.165, 1.54) is 37.9 Å². The number of rotatable bonds is 5. The average molecular weight is 288 g/mol. The third-order valence-corrected chi connectivity index (χ3v) is 4.23. The summed E-state index contributed by atoms with van der Waals surface area (Å²) in [7, 11) is 1.89. The molecule has 1 aliphatic carbocycles. The van der Waals surface area contributed by atoms with Gasteiger partial charge in [-0.05, 0) is 38.1 Å². The number of pyridine rings is 1. The van der Waals surface area contributed by atoms with Crippen molar-refractivity contribution in [1.82, 2.24) is 20.1 Å². The van der Waals surface area contributed by atoms with Crippen molar-refractivity contribution in [1.29, 1.82) is 0 Å². The molecule has 4 nitrogen and oxygen atoms in total. The largest absolute Gasteiger partial charge is 0.311 e. The molecule has 0 radical (unpaired) electrons. The number of likely N-dealkylation sites (N-methyl/N-ethyl adjacent to an activating group) is 1. The number of nitrogens with zero attached hydrogens (tertiary/aromatic N) is 3. The van der Waals surface area contributed by atoms with E-state index in [1.807, 2.05) is 7.05 Å². The maximum absolute atomic E-state index is 13.0. The Bertz CT molecular complexity index is 572. The third kappa shape index (κ3) is 3.29. The molecule has 2 aromatic heterocycles. The molecular formula is C16H21FN4. The molecule has 1 aliphatic rings. The lowest BCUT2D eigenvalue weighted by molar-refractivity contribution is 0.458. The van der Waals surface area contributed by atoms with Gasteiger partial charge in [-0.25, -0.2) is 4.39 Å². The van der Waals surface area contributed by atoms with Crippen molar-refractivity contribution in [3.8, 4) is 0 Å². The highest BCUT2D eigenvalue weighted by Crippen LogP contribution is 2.29. The summed E-state index contributed by atoms with van der Waals surface area (Å²) in [6.45, 7) is 0. The van der Waals surface area contributed by atoms with Crippen LogP contribution in [0.1, 0.15) is 49.2 Å². The van der Waals surface area contributed by atoms with Gasteiger partial charge in [-0.3, -0.25) is 9.67 Å². The molecule has 0 aromatic carbocycles. The molecular weight excluding hydrogens is 267 g/mol. The fourth-order valence-electron chi connectivity index (χ4n) is 3.02. The van der Waals surface area contributed by atoms with Gasteiger partial charge in [0.25, 0.3) is 0 Å². The second-order valence-electron chi connectivity index (χ2n) is 5.67. The zero-order valence-corrected chi connectivity index (χ0v) is 12.3. The van der Waals surface area contributed by atoms with Crippen LogP contribution in [0.4, 0.5) is 4.39 Å². The third-order valence-electron chi connectivity index (χ3n) is 4.23. The van der Waals surface area contributed by atoms with Crippen LogP contribution in [0.5, 0.6) is 0 Å². The molecule has 1 N–H and O–H groups in total. The first-order valence-corrected chi connectivity index (χ1v) is 7.59. The summed E-state index contributed by atoms with van der Waals surface area (Å²) in [5.74, 6) is -0.306. The summed E-state index contributed by atoms with van der Waals surface area (Å²) >= 11 is 0. The highest BCUT2D eigenvalue weighted by Gasteiger charge is 2.19. The van der Waals surface area contributed by atoms with Crippen LogP contribution < -0.4 is 5.32 Å². The van der Waals surface area contributed by atoms with Crippen molar-refractivity contribution in [2.75, 3.05) is 7.05 Å². The Morgan fingerprint density at radius 2 is 2.14 bits per heavy atom. The number of hydrogen-bond acceptors (Lipinski definition) is 3. The van der Waals surface area contributed by atoms with Gasteiger partial charge in [-0.15, -0.1) is 0 Å². The van der Waals surface area contributed by atoms with Gasteiger partial charge in [0.1, 0.15) is 5.82 Å². The molecule has 1 unspecified atom stereocenters. The summed E-state index contributed by atoms with van der Waals surface area (Å²) in [6.07, 6.45) is 9.17. The number of aromatic nitrogens is 3. The highest BCUT2D eigenvalue weighted by atomic mass is 19.1. The van der Waals surface area contributed by atoms with Gasteiger partial charge in [0.2, 0.25) is 0 Å². The fourth-order valence-corrected chi connectivity index (χ4v) is 3.02. The zero-order chi connectivity index (χ0) is 14.7. The van der Waals surface area contributed by atoms with Gasteiger partial charge in [0, 0.05) is 12.6 Å². The molecule has 2 heterocycles. The van der Waals surface area contributed by atoms with Gasteiger partial charge in [0.05, 0.1) is 29.7 Å². The molecule has 2 aromatic rings. The van der Waals surface area contributed by atoms with Crippen LogP contribution in [0.2, 0.25) is 0 Å². The standard InChI is InChI=1S/C16H21FN4/c1-18-16(15-7-6-12(17)11-19-15)10-13-8-9-21(20-13)14-4-2-3-5-14/h6-9,11,14,16,18H,2-5,10H2,1H3. The molecule has 0 aliphatic heterocycles. The van der Waals surface area contributed by atoms with E-state index in [-0.39, 0.29) is 11.9 Å². The Balaban J connectivity index is 1.70. The predicted octanol–water partition coefficient (Wildman–Crippen LogP) is 3.04. The van der Waals surface area contributed by atoms with Crippen molar-refractivity contribution < 1.29 is 4.39 Å². The number of hydrogen-bond donors (Lipinski definition) is 1. The molecule has 21 heavy (non-hydrogen) atoms. The fraction of sp³-hybridized carbons (Fsp3) is 0.500. The van der Waals surface area contributed by atoms with E-state index < -0.39 is 0 Å². The highest BCUT2D eigenvalue weighted by molar-refractivity contribution is 5.13. The van der Waals surface area contributed by atoms with E-state index in [1.54, 1.807) is 6.07 Å². The van der Waals surface area contributed by atoms with E-state index in [4.69, 9.17) is 5.10 Å². The molecule has 1 atom stereocenters. The monoisotopic (exact) mass is 288 g/mol. The van der Waals surface area contributed by atoms with E-state index in [0.29, 0.717) is 6.04 Å². The summed E-state index contributed by atoms with van der Waals surface area (Å²) in [5.41, 5.74) is 1.89. The van der Waals surface area contributed by atoms with E-state index in [0.717, 1.165) is 17.8 Å². The zero-order valence-electron chi connectivity index (χ0n) is 12.3. The summed E-state index contributed by atoms with van der Waals surface area (Å²) in [5, 5.41) is 7.93. The molecule has 0 spiro atoms. The minimum Gasteiger partial charge on any atom is -0.311 e. The molecule has 3 rings (SSSR count). The Morgan fingerprint density at radius 1 is 1.33 bits per heavy atom. The number of nitrogens with one attached hydrogen (secondary N) is 1. The van der Waals surface area contributed by atoms with Gasteiger partial charge < -0.3 is 5.32 Å². The topological polar surface area (TPSA) is 42.7 Å². The summed E-state index contributed by atoms with van der Waals surface area (Å²) < 4.78 is 15.1. The quantitative estimate of drug-likeness (QED) is 0.919. The van der Waals surface area contributed by atoms with Crippen LogP contribution in [0.3, 0.4) is 0 Å². The Hall–Kier alpha value is -1.75. The van der Waals surface area contributed by atoms with Crippen molar-refractivity contribution in [2.45, 2.75) is 44.2 Å². The molecule has 0 amide bonds. The first kappa shape index (κ1) is 14.2. The van der Waals surface area contributed by atoms with Crippen LogP contribution in [-0.2, 0) is 6.42 Å². The van der Waals surface area contributed by atoms with Gasteiger partial charge in [-0.2, -0.15) is 5.10 Å². The molecule has 112 valence electrons. The summed E-state index contributed by atoms with van der Waals surface area (Å²) in [6, 6.07) is 5.87. The van der Waals surface area contributed by atoms with Crippen molar-refractivity contribution >= 4 is 0 Å². The van der Waals surface area contributed by atoms with Crippen LogP contribution in [0.25, 0.3) is 0 Å². The molecule has 1 fully saturated rings. The molecule has 0 saturated heterocycles. The van der Waals surface area contributed by atoms with Gasteiger partial charge in [-0.1, -0.05) is 12.8 Å². The Labute approximate surface area is 124 Å². The van der Waals surface area contributed by atoms with E-state index in [2.05, 4.69) is 27.2 Å². The van der Waals surface area contributed by atoms with Gasteiger partial charge in [0.15, 0.2) is 0 Å². The Morgan fingerprint density at radius 3 is 2.81 bits per heavy atom. The van der Waals surface area contributed by atoms with Crippen LogP contribution in [-0.4, -0.2) is 21.8 Å². The minimum atomic E-state index is -0.306. The average Bonchev–Trinajstić information content (AvgIpc) is 3.17. The lowest BCUT2D eigenvalue weighted by Crippen LogP contribution is -2.20. The second kappa shape index (κ2) is 6.35. The molecule has 5 heteroatoms. The first-order valence-electron chi connectivity index (χ1n) is 7.59. The second-order valence-corrected chi connectivity index (χ2v) is 5.67. The maximum atomic E-state index is 13.0. The SMILES string of the molecule is CNC(Cc1ccn(C2CCCC2)n1)c1ccc(F)cn1. The maximum Gasteiger partial charge on any atom is 0.141 e. The Kier molecular flexibility index (Phi) is 4.29. The van der Waals surface area contributed by atoms with Gasteiger partial charge >= 0.3 is 0 Å². The lowest BCUT2D eigenvalue weighted by Gasteiger charge is -2.14. The lowest BCUT2D eigenvalue weighted by atomic mass is 10.1. The van der Waals surface area contributed by atoms with Crippen LogP contribution in [0, 0.1) is 5.82 Å². The van der Waals surface area contributed by atoms with Crippen LogP contribution >= 0.6 is 0 Å². The molecule has 0 bridgehead atoms. The predicted molar refractivity (Wildman–Crippen MR) is 79.4 cm³/mol. The van der Waals surface area contributed by atoms with Crippen molar-refractivity contribution in [3.05, 3.63) is 47.8 Å². The normalized spacial score (nSPS) is 17.2. The summed E-state index contributed by atoms with van der Waals surface area (Å²) in [4.78, 5) is 4.16. The van der Waals surface area contributed by atoms with Crippen molar-refractivity contribution in [2.24, 2.45) is 0 Å². The molecule has 1 saturated carbocycles.